The van der Waals surface area contributed by atoms with E-state index in [9.17, 15) is 9.59 Å². The van der Waals surface area contributed by atoms with Crippen molar-refractivity contribution >= 4 is 12.0 Å². The topological polar surface area (TPSA) is 55.4 Å². The molecule has 0 saturated heterocycles. The van der Waals surface area contributed by atoms with E-state index in [0.29, 0.717) is 6.42 Å². The lowest BCUT2D eigenvalue weighted by Gasteiger charge is -2.02. The summed E-state index contributed by atoms with van der Waals surface area (Å²) in [6.45, 7) is 0. The molecule has 15 heavy (non-hydrogen) atoms. The van der Waals surface area contributed by atoms with E-state index >= 15 is 0 Å². The van der Waals surface area contributed by atoms with Gasteiger partial charge in [0.05, 0.1) is 7.11 Å². The summed E-state index contributed by atoms with van der Waals surface area (Å²) < 4.78 is 4.30. The molecule has 4 heteroatoms. The van der Waals surface area contributed by atoms with E-state index in [2.05, 4.69) is 10.1 Å². The highest BCUT2D eigenvalue weighted by Gasteiger charge is 2.06. The molecule has 0 unspecified atom stereocenters. The molecule has 0 aliphatic carbocycles. The van der Waals surface area contributed by atoms with Gasteiger partial charge in [-0.2, -0.15) is 0 Å². The van der Waals surface area contributed by atoms with Crippen LogP contribution in [0, 0.1) is 0 Å². The number of imide groups is 1. The summed E-state index contributed by atoms with van der Waals surface area (Å²) >= 11 is 0. The fourth-order valence-electron chi connectivity index (χ4n) is 1.13. The molecule has 0 spiro atoms. The van der Waals surface area contributed by atoms with Crippen LogP contribution in [0.25, 0.3) is 0 Å². The SMILES string of the molecule is COC(=O)NC(=O)CCc1ccccc1. The number of aryl methyl sites for hydroxylation is 1. The van der Waals surface area contributed by atoms with Gasteiger partial charge in [0, 0.05) is 6.42 Å². The minimum Gasteiger partial charge on any atom is -0.453 e. The summed E-state index contributed by atoms with van der Waals surface area (Å²) in [6.07, 6.45) is 0.177. The molecule has 2 amide bonds. The van der Waals surface area contributed by atoms with E-state index in [-0.39, 0.29) is 12.3 Å². The quantitative estimate of drug-likeness (QED) is 0.817. The van der Waals surface area contributed by atoms with E-state index < -0.39 is 6.09 Å². The van der Waals surface area contributed by atoms with Crippen LogP contribution in [0.15, 0.2) is 30.3 Å². The predicted molar refractivity (Wildman–Crippen MR) is 55.3 cm³/mol. The van der Waals surface area contributed by atoms with Crippen LogP contribution in [0.1, 0.15) is 12.0 Å². The van der Waals surface area contributed by atoms with Crippen LogP contribution in [0.4, 0.5) is 4.79 Å². The molecule has 0 saturated carbocycles. The van der Waals surface area contributed by atoms with Gasteiger partial charge in [-0.15, -0.1) is 0 Å². The number of amides is 2. The Labute approximate surface area is 88.2 Å². The van der Waals surface area contributed by atoms with Gasteiger partial charge in [0.1, 0.15) is 0 Å². The zero-order valence-corrected chi connectivity index (χ0v) is 8.53. The molecule has 1 rings (SSSR count). The Morgan fingerprint density at radius 1 is 1.27 bits per heavy atom. The number of ether oxygens (including phenoxy) is 1. The van der Waals surface area contributed by atoms with Crippen molar-refractivity contribution < 1.29 is 14.3 Å². The van der Waals surface area contributed by atoms with Crippen molar-refractivity contribution in [3.05, 3.63) is 35.9 Å². The van der Waals surface area contributed by atoms with E-state index in [1.54, 1.807) is 0 Å². The number of alkyl carbamates (subject to hydrolysis) is 1. The average Bonchev–Trinajstić information content (AvgIpc) is 2.27. The van der Waals surface area contributed by atoms with Gasteiger partial charge in [-0.25, -0.2) is 4.79 Å². The molecular weight excluding hydrogens is 194 g/mol. The van der Waals surface area contributed by atoms with Crippen LogP contribution in [0.3, 0.4) is 0 Å². The van der Waals surface area contributed by atoms with Crippen molar-refractivity contribution in [2.24, 2.45) is 0 Å². The maximum atomic E-state index is 11.2. The van der Waals surface area contributed by atoms with Crippen molar-refractivity contribution in [1.82, 2.24) is 5.32 Å². The van der Waals surface area contributed by atoms with E-state index in [0.717, 1.165) is 5.56 Å². The molecule has 0 bridgehead atoms. The number of benzene rings is 1. The first-order valence-electron chi connectivity index (χ1n) is 4.64. The first-order chi connectivity index (χ1) is 7.22. The maximum Gasteiger partial charge on any atom is 0.413 e. The third-order valence-corrected chi connectivity index (χ3v) is 1.91. The number of rotatable bonds is 3. The van der Waals surface area contributed by atoms with Crippen molar-refractivity contribution in [3.8, 4) is 0 Å². The fraction of sp³-hybridized carbons (Fsp3) is 0.273. The van der Waals surface area contributed by atoms with Crippen molar-refractivity contribution in [2.75, 3.05) is 7.11 Å². The van der Waals surface area contributed by atoms with Crippen LogP contribution in [-0.2, 0) is 16.0 Å². The van der Waals surface area contributed by atoms with E-state index in [4.69, 9.17) is 0 Å². The van der Waals surface area contributed by atoms with Crippen LogP contribution in [0.5, 0.6) is 0 Å². The molecule has 80 valence electrons. The standard InChI is InChI=1S/C11H13NO3/c1-15-11(14)12-10(13)8-7-9-5-3-2-4-6-9/h2-6H,7-8H2,1H3,(H,12,13,14). The molecule has 0 aromatic heterocycles. The lowest BCUT2D eigenvalue weighted by atomic mass is 10.1. The summed E-state index contributed by atoms with van der Waals surface area (Å²) in [7, 11) is 1.22. The minimum absolute atomic E-state index is 0.277. The number of carbonyl (C=O) groups excluding carboxylic acids is 2. The van der Waals surface area contributed by atoms with Gasteiger partial charge in [-0.1, -0.05) is 30.3 Å². The fourth-order valence-corrected chi connectivity index (χ4v) is 1.13. The van der Waals surface area contributed by atoms with Gasteiger partial charge in [0.25, 0.3) is 0 Å². The molecular formula is C11H13NO3. The van der Waals surface area contributed by atoms with Crippen molar-refractivity contribution in [3.63, 3.8) is 0 Å². The molecule has 0 radical (unpaired) electrons. The lowest BCUT2D eigenvalue weighted by Crippen LogP contribution is -2.30. The Morgan fingerprint density at radius 2 is 1.93 bits per heavy atom. The first-order valence-corrected chi connectivity index (χ1v) is 4.64. The minimum atomic E-state index is -0.715. The zero-order valence-electron chi connectivity index (χ0n) is 8.53. The van der Waals surface area contributed by atoms with Crippen LogP contribution >= 0.6 is 0 Å². The Morgan fingerprint density at radius 3 is 2.53 bits per heavy atom. The summed E-state index contributed by atoms with van der Waals surface area (Å²) in [4.78, 5) is 21.9. The largest absolute Gasteiger partial charge is 0.453 e. The highest BCUT2D eigenvalue weighted by Crippen LogP contribution is 2.01. The van der Waals surface area contributed by atoms with Gasteiger partial charge >= 0.3 is 6.09 Å². The Bertz CT molecular complexity index is 335. The molecule has 4 nitrogen and oxygen atoms in total. The monoisotopic (exact) mass is 207 g/mol. The molecule has 0 heterocycles. The lowest BCUT2D eigenvalue weighted by molar-refractivity contribution is -0.120. The van der Waals surface area contributed by atoms with E-state index in [1.165, 1.54) is 7.11 Å². The maximum absolute atomic E-state index is 11.2. The zero-order chi connectivity index (χ0) is 11.1. The molecule has 1 N–H and O–H groups in total. The number of hydrogen-bond donors (Lipinski definition) is 1. The summed E-state index contributed by atoms with van der Waals surface area (Å²) in [5.74, 6) is -0.328. The smallest absolute Gasteiger partial charge is 0.413 e. The third-order valence-electron chi connectivity index (χ3n) is 1.91. The molecule has 0 fully saturated rings. The van der Waals surface area contributed by atoms with Crippen molar-refractivity contribution in [2.45, 2.75) is 12.8 Å². The van der Waals surface area contributed by atoms with Crippen LogP contribution in [-0.4, -0.2) is 19.1 Å². The van der Waals surface area contributed by atoms with Gasteiger partial charge in [-0.05, 0) is 12.0 Å². The number of hydrogen-bond acceptors (Lipinski definition) is 3. The second-order valence-corrected chi connectivity index (χ2v) is 3.03. The Hall–Kier alpha value is -1.84. The average molecular weight is 207 g/mol. The van der Waals surface area contributed by atoms with Crippen LogP contribution in [0.2, 0.25) is 0 Å². The van der Waals surface area contributed by atoms with Crippen molar-refractivity contribution in [1.29, 1.82) is 0 Å². The first kappa shape index (κ1) is 11.2. The van der Waals surface area contributed by atoms with Crippen LogP contribution < -0.4 is 5.32 Å². The van der Waals surface area contributed by atoms with Gasteiger partial charge in [-0.3, -0.25) is 10.1 Å². The predicted octanol–water partition coefficient (Wildman–Crippen LogP) is 1.50. The van der Waals surface area contributed by atoms with Gasteiger partial charge < -0.3 is 4.74 Å². The van der Waals surface area contributed by atoms with Gasteiger partial charge in [0.2, 0.25) is 5.91 Å². The number of carbonyl (C=O) groups is 2. The molecule has 1 aromatic carbocycles. The molecule has 0 atom stereocenters. The highest BCUT2D eigenvalue weighted by molar-refractivity contribution is 5.91. The summed E-state index contributed by atoms with van der Waals surface area (Å²) in [5, 5.41) is 2.10. The van der Waals surface area contributed by atoms with Gasteiger partial charge in [0.15, 0.2) is 0 Å². The number of nitrogens with one attached hydrogen (secondary N) is 1. The molecule has 1 aromatic rings. The highest BCUT2D eigenvalue weighted by atomic mass is 16.5. The summed E-state index contributed by atoms with van der Waals surface area (Å²) in [5.41, 5.74) is 1.07. The number of methoxy groups -OCH3 is 1. The Kier molecular flexibility index (Phi) is 4.34. The van der Waals surface area contributed by atoms with E-state index in [1.807, 2.05) is 30.3 Å². The second-order valence-electron chi connectivity index (χ2n) is 3.03. The normalized spacial score (nSPS) is 9.40. The third kappa shape index (κ3) is 4.26. The Balaban J connectivity index is 2.32. The molecule has 0 aliphatic heterocycles. The molecule has 0 aliphatic rings. The summed E-state index contributed by atoms with van der Waals surface area (Å²) in [6, 6.07) is 9.61. The second kappa shape index (κ2) is 5.80.